The minimum Gasteiger partial charge on any atom is -0.497 e. The molecule has 1 amide bonds. The number of benzene rings is 1. The molecule has 0 bridgehead atoms. The summed E-state index contributed by atoms with van der Waals surface area (Å²) in [4.78, 5) is 14.0. The van der Waals surface area contributed by atoms with E-state index in [0.717, 1.165) is 23.6 Å². The largest absolute Gasteiger partial charge is 0.497 e. The second kappa shape index (κ2) is 6.90. The number of ether oxygens (including phenoxy) is 1. The third-order valence-electron chi connectivity index (χ3n) is 2.91. The Labute approximate surface area is 124 Å². The number of nitrogens with zero attached hydrogens (tertiary/aromatic N) is 2. The van der Waals surface area contributed by atoms with Gasteiger partial charge in [0.15, 0.2) is 5.82 Å². The number of nitrogens with one attached hydrogen (secondary N) is 2. The highest BCUT2D eigenvalue weighted by atomic mass is 16.5. The molecule has 2 aromatic rings. The monoisotopic (exact) mass is 288 g/mol. The summed E-state index contributed by atoms with van der Waals surface area (Å²) in [5, 5.41) is 9.75. The number of carbonyl (C=O) groups excluding carboxylic acids is 1. The van der Waals surface area contributed by atoms with Gasteiger partial charge < -0.3 is 15.0 Å². The van der Waals surface area contributed by atoms with Crippen LogP contribution in [-0.4, -0.2) is 42.2 Å². The van der Waals surface area contributed by atoms with E-state index in [1.165, 1.54) is 0 Å². The van der Waals surface area contributed by atoms with Crippen LogP contribution in [0, 0.1) is 0 Å². The lowest BCUT2D eigenvalue weighted by molar-refractivity contribution is -0.115. The Morgan fingerprint density at radius 1 is 1.33 bits per heavy atom. The molecule has 0 saturated heterocycles. The minimum absolute atomic E-state index is 0.0944. The maximum absolute atomic E-state index is 12.0. The molecule has 0 atom stereocenters. The number of aromatic nitrogens is 2. The molecule has 6 heteroatoms. The molecule has 2 N–H and O–H groups in total. The van der Waals surface area contributed by atoms with Crippen molar-refractivity contribution in [1.82, 2.24) is 15.1 Å². The second-order valence-electron chi connectivity index (χ2n) is 5.09. The second-order valence-corrected chi connectivity index (χ2v) is 5.09. The Morgan fingerprint density at radius 2 is 2.05 bits per heavy atom. The van der Waals surface area contributed by atoms with E-state index in [4.69, 9.17) is 4.74 Å². The fourth-order valence-electron chi connectivity index (χ4n) is 1.96. The maximum atomic E-state index is 12.0. The predicted octanol–water partition coefficient (Wildman–Crippen LogP) is 1.66. The van der Waals surface area contributed by atoms with Crippen LogP contribution in [0.3, 0.4) is 0 Å². The van der Waals surface area contributed by atoms with Crippen LogP contribution in [0.15, 0.2) is 30.3 Å². The molecule has 0 aliphatic rings. The summed E-state index contributed by atoms with van der Waals surface area (Å²) >= 11 is 0. The minimum atomic E-state index is -0.0944. The molecule has 112 valence electrons. The lowest BCUT2D eigenvalue weighted by atomic mass is 10.1. The topological polar surface area (TPSA) is 70.2 Å². The molecule has 1 heterocycles. The Morgan fingerprint density at radius 3 is 2.67 bits per heavy atom. The Hall–Kier alpha value is -2.34. The molecule has 0 aliphatic carbocycles. The lowest BCUT2D eigenvalue weighted by Crippen LogP contribution is -2.14. The summed E-state index contributed by atoms with van der Waals surface area (Å²) in [5.41, 5.74) is 1.89. The van der Waals surface area contributed by atoms with E-state index in [1.54, 1.807) is 7.11 Å². The summed E-state index contributed by atoms with van der Waals surface area (Å²) in [6.07, 6.45) is 0.305. The molecule has 0 saturated carbocycles. The first-order chi connectivity index (χ1) is 10.1. The van der Waals surface area contributed by atoms with Gasteiger partial charge in [-0.2, -0.15) is 5.10 Å². The summed E-state index contributed by atoms with van der Waals surface area (Å²) in [7, 11) is 5.57. The van der Waals surface area contributed by atoms with Gasteiger partial charge >= 0.3 is 0 Å². The molecule has 2 rings (SSSR count). The number of hydrogen-bond acceptors (Lipinski definition) is 4. The number of methoxy groups -OCH3 is 1. The molecule has 0 spiro atoms. The number of aromatic amines is 1. The quantitative estimate of drug-likeness (QED) is 0.848. The van der Waals surface area contributed by atoms with Crippen LogP contribution >= 0.6 is 0 Å². The van der Waals surface area contributed by atoms with Crippen LogP contribution in [0.1, 0.15) is 11.3 Å². The van der Waals surface area contributed by atoms with E-state index in [1.807, 2.05) is 49.3 Å². The third kappa shape index (κ3) is 4.61. The van der Waals surface area contributed by atoms with Gasteiger partial charge in [-0.25, -0.2) is 0 Å². The van der Waals surface area contributed by atoms with Crippen LogP contribution in [0.5, 0.6) is 5.75 Å². The summed E-state index contributed by atoms with van der Waals surface area (Å²) < 4.78 is 5.09. The van der Waals surface area contributed by atoms with E-state index in [2.05, 4.69) is 15.5 Å². The number of hydrogen-bond donors (Lipinski definition) is 2. The normalized spacial score (nSPS) is 10.7. The van der Waals surface area contributed by atoms with Crippen LogP contribution in [0.2, 0.25) is 0 Å². The zero-order valence-corrected chi connectivity index (χ0v) is 12.5. The highest BCUT2D eigenvalue weighted by Crippen LogP contribution is 2.12. The zero-order chi connectivity index (χ0) is 15.2. The van der Waals surface area contributed by atoms with Crippen molar-refractivity contribution in [2.75, 3.05) is 26.5 Å². The molecule has 0 aliphatic heterocycles. The zero-order valence-electron chi connectivity index (χ0n) is 12.5. The molecule has 0 radical (unpaired) electrons. The van der Waals surface area contributed by atoms with Crippen molar-refractivity contribution in [1.29, 1.82) is 0 Å². The van der Waals surface area contributed by atoms with Gasteiger partial charge in [-0.1, -0.05) is 12.1 Å². The highest BCUT2D eigenvalue weighted by Gasteiger charge is 2.07. The number of amides is 1. The Kier molecular flexibility index (Phi) is 4.94. The van der Waals surface area contributed by atoms with Crippen molar-refractivity contribution in [2.45, 2.75) is 13.0 Å². The van der Waals surface area contributed by atoms with Crippen molar-refractivity contribution in [3.05, 3.63) is 41.6 Å². The lowest BCUT2D eigenvalue weighted by Gasteiger charge is -2.05. The number of carbonyl (C=O) groups is 1. The summed E-state index contributed by atoms with van der Waals surface area (Å²) in [6, 6.07) is 9.27. The van der Waals surface area contributed by atoms with E-state index >= 15 is 0 Å². The van der Waals surface area contributed by atoms with Gasteiger partial charge in [0.25, 0.3) is 0 Å². The third-order valence-corrected chi connectivity index (χ3v) is 2.91. The average molecular weight is 288 g/mol. The fourth-order valence-corrected chi connectivity index (χ4v) is 1.96. The van der Waals surface area contributed by atoms with Crippen molar-refractivity contribution < 1.29 is 9.53 Å². The van der Waals surface area contributed by atoms with Crippen LogP contribution < -0.4 is 10.1 Å². The molecular formula is C15H20N4O2. The van der Waals surface area contributed by atoms with E-state index in [-0.39, 0.29) is 5.91 Å². The van der Waals surface area contributed by atoms with Gasteiger partial charge in [0.05, 0.1) is 19.2 Å². The van der Waals surface area contributed by atoms with Crippen molar-refractivity contribution >= 4 is 11.7 Å². The van der Waals surface area contributed by atoms with Crippen LogP contribution in [-0.2, 0) is 17.8 Å². The van der Waals surface area contributed by atoms with Gasteiger partial charge in [0.1, 0.15) is 5.75 Å². The smallest absolute Gasteiger partial charge is 0.229 e. The van der Waals surface area contributed by atoms with Crippen molar-refractivity contribution in [3.63, 3.8) is 0 Å². The van der Waals surface area contributed by atoms with E-state index in [0.29, 0.717) is 12.2 Å². The first-order valence-electron chi connectivity index (χ1n) is 6.68. The molecule has 6 nitrogen and oxygen atoms in total. The van der Waals surface area contributed by atoms with Gasteiger partial charge in [0, 0.05) is 12.6 Å². The number of H-pyrrole nitrogens is 1. The first kappa shape index (κ1) is 15.1. The highest BCUT2D eigenvalue weighted by molar-refractivity contribution is 5.91. The van der Waals surface area contributed by atoms with Gasteiger partial charge in [-0.3, -0.25) is 9.89 Å². The van der Waals surface area contributed by atoms with E-state index < -0.39 is 0 Å². The molecule has 21 heavy (non-hydrogen) atoms. The Bertz CT molecular complexity index is 590. The molecular weight excluding hydrogens is 268 g/mol. The van der Waals surface area contributed by atoms with Gasteiger partial charge in [0.2, 0.25) is 5.91 Å². The average Bonchev–Trinajstić information content (AvgIpc) is 2.85. The maximum Gasteiger partial charge on any atom is 0.229 e. The fraction of sp³-hybridized carbons (Fsp3) is 0.333. The Balaban J connectivity index is 1.90. The molecule has 0 unspecified atom stereocenters. The van der Waals surface area contributed by atoms with Gasteiger partial charge in [-0.15, -0.1) is 0 Å². The van der Waals surface area contributed by atoms with Crippen LogP contribution in [0.25, 0.3) is 0 Å². The standard InChI is InChI=1S/C15H20N4O2/c1-19(2)10-12-9-14(18-17-12)16-15(20)8-11-4-6-13(21-3)7-5-11/h4-7,9H,8,10H2,1-3H3,(H2,16,17,18,20). The van der Waals surface area contributed by atoms with E-state index in [9.17, 15) is 4.79 Å². The first-order valence-corrected chi connectivity index (χ1v) is 6.68. The number of rotatable bonds is 6. The predicted molar refractivity (Wildman–Crippen MR) is 81.3 cm³/mol. The van der Waals surface area contributed by atoms with Crippen molar-refractivity contribution in [2.24, 2.45) is 0 Å². The van der Waals surface area contributed by atoms with Crippen molar-refractivity contribution in [3.8, 4) is 5.75 Å². The molecule has 1 aromatic carbocycles. The molecule has 1 aromatic heterocycles. The molecule has 0 fully saturated rings. The summed E-state index contributed by atoms with van der Waals surface area (Å²) in [5.74, 6) is 1.23. The number of anilines is 1. The van der Waals surface area contributed by atoms with Gasteiger partial charge in [-0.05, 0) is 31.8 Å². The SMILES string of the molecule is COc1ccc(CC(=O)Nc2cc(CN(C)C)[nH]n2)cc1. The summed E-state index contributed by atoms with van der Waals surface area (Å²) in [6.45, 7) is 0.751. The van der Waals surface area contributed by atoms with Crippen LogP contribution in [0.4, 0.5) is 5.82 Å².